The molecule has 0 aromatic rings. The molecule has 0 spiro atoms. The number of rotatable bonds is 8. The van der Waals surface area contributed by atoms with Gasteiger partial charge in [-0.15, -0.1) is 0 Å². The minimum Gasteiger partial charge on any atom is -0.437 e. The summed E-state index contributed by atoms with van der Waals surface area (Å²) >= 11 is 0. The van der Waals surface area contributed by atoms with Crippen LogP contribution in [0.25, 0.3) is 0 Å². The predicted molar refractivity (Wildman–Crippen MR) is 73.8 cm³/mol. The molecular weight excluding hydrogens is 313 g/mol. The largest absolute Gasteiger partial charge is 0.474 e. The van der Waals surface area contributed by atoms with Gasteiger partial charge in [0.25, 0.3) is 0 Å². The Labute approximate surface area is 116 Å². The van der Waals surface area contributed by atoms with Crippen LogP contribution >= 0.6 is 0 Å². The van der Waals surface area contributed by atoms with Crippen molar-refractivity contribution >= 4 is 26.4 Å². The molecule has 0 fully saturated rings. The van der Waals surface area contributed by atoms with Gasteiger partial charge in [-0.1, -0.05) is 0 Å². The third kappa shape index (κ3) is 9.76. The van der Waals surface area contributed by atoms with Gasteiger partial charge in [-0.25, -0.2) is 0 Å². The summed E-state index contributed by atoms with van der Waals surface area (Å²) in [7, 11) is -4.50. The van der Waals surface area contributed by atoms with Gasteiger partial charge in [-0.05, 0) is 32.2 Å². The maximum absolute atomic E-state index is 12.4. The third-order valence-corrected chi connectivity index (χ3v) is 11.0. The lowest BCUT2D eigenvalue weighted by Crippen LogP contribution is -2.51. The standard InChI is InChI=1S/C9H23F3O4Si3/c1-13-17(14-2)15-19(6,16-18(3,4)5)8-7-9(10,11)12/h17H,7-8H2,1-6H3. The van der Waals surface area contributed by atoms with Crippen molar-refractivity contribution in [2.24, 2.45) is 0 Å². The molecular formula is C9H23F3O4Si3. The molecule has 0 heterocycles. The van der Waals surface area contributed by atoms with E-state index in [1.54, 1.807) is 6.55 Å². The Morgan fingerprint density at radius 1 is 1.00 bits per heavy atom. The van der Waals surface area contributed by atoms with Crippen molar-refractivity contribution < 1.29 is 30.3 Å². The Bertz CT molecular complexity index is 268. The van der Waals surface area contributed by atoms with Crippen molar-refractivity contribution in [3.05, 3.63) is 0 Å². The highest BCUT2D eigenvalue weighted by Crippen LogP contribution is 2.29. The molecule has 0 aliphatic carbocycles. The molecule has 19 heavy (non-hydrogen) atoms. The quantitative estimate of drug-likeness (QED) is 0.639. The molecule has 0 saturated carbocycles. The van der Waals surface area contributed by atoms with Gasteiger partial charge in [-0.3, -0.25) is 0 Å². The molecule has 10 heteroatoms. The normalized spacial score (nSPS) is 16.7. The molecule has 0 N–H and O–H groups in total. The Morgan fingerprint density at radius 2 is 1.47 bits per heavy atom. The van der Waals surface area contributed by atoms with Crippen LogP contribution in [0.5, 0.6) is 0 Å². The van der Waals surface area contributed by atoms with Gasteiger partial charge in [0.2, 0.25) is 0 Å². The van der Waals surface area contributed by atoms with Gasteiger partial charge in [-0.2, -0.15) is 13.2 Å². The molecule has 0 amide bonds. The summed E-state index contributed by atoms with van der Waals surface area (Å²) in [5.74, 6) is 0. The Balaban J connectivity index is 4.80. The summed E-state index contributed by atoms with van der Waals surface area (Å²) in [6, 6.07) is -0.142. The van der Waals surface area contributed by atoms with Crippen molar-refractivity contribution in [2.45, 2.75) is 44.8 Å². The lowest BCUT2D eigenvalue weighted by molar-refractivity contribution is -0.131. The summed E-state index contributed by atoms with van der Waals surface area (Å²) in [5, 5.41) is 0. The first kappa shape index (κ1) is 19.3. The lowest BCUT2D eigenvalue weighted by Gasteiger charge is -2.35. The van der Waals surface area contributed by atoms with Crippen LogP contribution in [0.4, 0.5) is 13.2 Å². The van der Waals surface area contributed by atoms with Crippen molar-refractivity contribution in [3.8, 4) is 0 Å². The van der Waals surface area contributed by atoms with Crippen LogP contribution in [-0.2, 0) is 17.1 Å². The van der Waals surface area contributed by atoms with Gasteiger partial charge in [0.1, 0.15) is 0 Å². The van der Waals surface area contributed by atoms with Gasteiger partial charge < -0.3 is 17.1 Å². The van der Waals surface area contributed by atoms with Crippen molar-refractivity contribution in [3.63, 3.8) is 0 Å². The van der Waals surface area contributed by atoms with E-state index in [1.807, 2.05) is 19.6 Å². The zero-order chi connectivity index (χ0) is 15.3. The summed E-state index contributed by atoms with van der Waals surface area (Å²) in [4.78, 5) is 0. The monoisotopic (exact) mass is 336 g/mol. The zero-order valence-corrected chi connectivity index (χ0v) is 15.4. The topological polar surface area (TPSA) is 36.9 Å². The first-order valence-corrected chi connectivity index (χ1v) is 13.3. The fourth-order valence-electron chi connectivity index (χ4n) is 1.55. The average molecular weight is 337 g/mol. The zero-order valence-electron chi connectivity index (χ0n) is 12.3. The number of halogens is 3. The maximum atomic E-state index is 12.4. The van der Waals surface area contributed by atoms with Crippen LogP contribution in [0, 0.1) is 0 Å². The molecule has 0 radical (unpaired) electrons. The SMILES string of the molecule is CO[SiH](OC)O[Si](C)(CCC(F)(F)F)O[Si](C)(C)C. The van der Waals surface area contributed by atoms with Crippen LogP contribution < -0.4 is 0 Å². The number of alkyl halides is 3. The average Bonchev–Trinajstić information content (AvgIpc) is 2.20. The van der Waals surface area contributed by atoms with Crippen molar-refractivity contribution in [1.82, 2.24) is 0 Å². The lowest BCUT2D eigenvalue weighted by atomic mass is 10.5. The summed E-state index contributed by atoms with van der Waals surface area (Å²) < 4.78 is 58.8. The first-order chi connectivity index (χ1) is 8.41. The van der Waals surface area contributed by atoms with E-state index >= 15 is 0 Å². The summed E-state index contributed by atoms with van der Waals surface area (Å²) in [6.07, 6.45) is -5.12. The van der Waals surface area contributed by atoms with E-state index in [-0.39, 0.29) is 6.04 Å². The van der Waals surface area contributed by atoms with E-state index in [0.717, 1.165) is 0 Å². The van der Waals surface area contributed by atoms with Gasteiger partial charge in [0.15, 0.2) is 8.32 Å². The molecule has 0 aromatic heterocycles. The van der Waals surface area contributed by atoms with Crippen molar-refractivity contribution in [2.75, 3.05) is 14.2 Å². The van der Waals surface area contributed by atoms with Crippen LogP contribution in [0.2, 0.25) is 32.2 Å². The van der Waals surface area contributed by atoms with Crippen LogP contribution in [0.1, 0.15) is 6.42 Å². The second-order valence-electron chi connectivity index (χ2n) is 5.34. The molecule has 0 aliphatic rings. The fraction of sp³-hybridized carbons (Fsp3) is 1.00. The van der Waals surface area contributed by atoms with E-state index in [0.29, 0.717) is 0 Å². The minimum atomic E-state index is -4.21. The van der Waals surface area contributed by atoms with E-state index in [9.17, 15) is 13.2 Å². The van der Waals surface area contributed by atoms with E-state index < -0.39 is 39.0 Å². The molecule has 0 rings (SSSR count). The van der Waals surface area contributed by atoms with E-state index in [2.05, 4.69) is 0 Å². The van der Waals surface area contributed by atoms with Gasteiger partial charge in [0.05, 0.1) is 0 Å². The fourth-order valence-corrected chi connectivity index (χ4v) is 11.6. The van der Waals surface area contributed by atoms with E-state index in [1.165, 1.54) is 14.2 Å². The molecule has 1 unspecified atom stereocenters. The van der Waals surface area contributed by atoms with Crippen LogP contribution in [-0.4, -0.2) is 46.8 Å². The Morgan fingerprint density at radius 3 is 1.79 bits per heavy atom. The van der Waals surface area contributed by atoms with E-state index in [4.69, 9.17) is 17.1 Å². The molecule has 1 atom stereocenters. The first-order valence-electron chi connectivity index (χ1n) is 5.91. The van der Waals surface area contributed by atoms with Crippen LogP contribution in [0.15, 0.2) is 0 Å². The predicted octanol–water partition coefficient (Wildman–Crippen LogP) is 2.89. The minimum absolute atomic E-state index is 0.142. The summed E-state index contributed by atoms with van der Waals surface area (Å²) in [5.41, 5.74) is 0. The highest BCUT2D eigenvalue weighted by atomic mass is 28.5. The molecule has 0 aromatic carbocycles. The molecule has 0 saturated heterocycles. The molecule has 4 nitrogen and oxygen atoms in total. The second kappa shape index (κ2) is 7.34. The summed E-state index contributed by atoms with van der Waals surface area (Å²) in [6.45, 7) is 7.41. The highest BCUT2D eigenvalue weighted by Gasteiger charge is 2.43. The molecule has 116 valence electrons. The number of hydrogen-bond acceptors (Lipinski definition) is 4. The maximum Gasteiger partial charge on any atom is 0.474 e. The van der Waals surface area contributed by atoms with Gasteiger partial charge >= 0.3 is 24.3 Å². The third-order valence-electron chi connectivity index (χ3n) is 2.12. The second-order valence-corrected chi connectivity index (χ2v) is 15.6. The van der Waals surface area contributed by atoms with Crippen LogP contribution in [0.3, 0.4) is 0 Å². The highest BCUT2D eigenvalue weighted by molar-refractivity contribution is 6.83. The smallest absolute Gasteiger partial charge is 0.437 e. The molecule has 0 bridgehead atoms. The Kier molecular flexibility index (Phi) is 7.44. The molecule has 0 aliphatic heterocycles. The number of hydrogen-bond donors (Lipinski definition) is 0. The Hall–Kier alpha value is 0.281. The van der Waals surface area contributed by atoms with Crippen molar-refractivity contribution in [1.29, 1.82) is 0 Å². The van der Waals surface area contributed by atoms with Gasteiger partial charge in [0, 0.05) is 20.6 Å².